The number of fused-ring (bicyclic) bond motifs is 1. The van der Waals surface area contributed by atoms with Crippen LogP contribution in [0.2, 0.25) is 0 Å². The third-order valence-corrected chi connectivity index (χ3v) is 2.33. The maximum absolute atomic E-state index is 11.6. The number of amides is 1. The van der Waals surface area contributed by atoms with Crippen molar-refractivity contribution < 1.29 is 88.6 Å². The zero-order chi connectivity index (χ0) is 15.5. The van der Waals surface area contributed by atoms with Gasteiger partial charge >= 0.3 is 59.1 Å². The maximum Gasteiger partial charge on any atom is 1.00 e. The van der Waals surface area contributed by atoms with Gasteiger partial charge in [0.25, 0.3) is 11.6 Å². The predicted octanol–water partition coefficient (Wildman–Crippen LogP) is -6.73. The smallest absolute Gasteiger partial charge is 0.652 e. The number of ether oxygens (including phenoxy) is 1. The van der Waals surface area contributed by atoms with Gasteiger partial charge in [0.05, 0.1) is 10.6 Å². The Morgan fingerprint density at radius 3 is 2.23 bits per heavy atom. The van der Waals surface area contributed by atoms with Gasteiger partial charge in [0, 0.05) is 12.1 Å². The Balaban J connectivity index is 0. The van der Waals surface area contributed by atoms with Gasteiger partial charge in [-0.15, -0.1) is 0 Å². The maximum atomic E-state index is 11.6. The predicted molar refractivity (Wildman–Crippen MR) is 61.8 cm³/mol. The number of carbonyl (C=O) groups excluding carboxylic acids is 2. The third-order valence-electron chi connectivity index (χ3n) is 2.33. The molecule has 1 heterocycles. The van der Waals surface area contributed by atoms with Crippen LogP contribution in [0.3, 0.4) is 0 Å². The second kappa shape index (κ2) is 9.33. The molecule has 0 aromatic heterocycles. The number of nitro benzene ring substituents is 1. The summed E-state index contributed by atoms with van der Waals surface area (Å²) < 4.78 is 5.43. The molecule has 0 atom stereocenters. The van der Waals surface area contributed by atoms with Crippen molar-refractivity contribution in [2.75, 3.05) is 5.32 Å². The number of nitrogens with one attached hydrogen (secondary N) is 1. The van der Waals surface area contributed by atoms with Crippen LogP contribution >= 0.6 is 0 Å². The molecular formula is C11H10N2Na2O7. The monoisotopic (exact) mass is 328 g/mol. The molecular weight excluding hydrogens is 318 g/mol. The normalized spacial score (nSPS) is 13.5. The van der Waals surface area contributed by atoms with Gasteiger partial charge in [-0.25, -0.2) is 0 Å². The number of hydrogen-bond donors (Lipinski definition) is 1. The van der Waals surface area contributed by atoms with Crippen molar-refractivity contribution in [3.63, 3.8) is 0 Å². The number of non-ortho nitro benzene ring substituents is 1. The Hall–Kier alpha value is -0.840. The van der Waals surface area contributed by atoms with Crippen LogP contribution in [0.4, 0.5) is 16.2 Å². The average Bonchev–Trinajstić information content (AvgIpc) is 2.28. The fourth-order valence-corrected chi connectivity index (χ4v) is 1.41. The summed E-state index contributed by atoms with van der Waals surface area (Å²) in [5.41, 5.74) is -0.704. The van der Waals surface area contributed by atoms with E-state index in [2.05, 4.69) is 5.32 Å². The summed E-state index contributed by atoms with van der Waals surface area (Å²) in [6.45, 7) is 3.26. The standard InChI is InChI=1S/C10H10N2O4.CH2O3.2Na/c1-10(2)9(13)11-7-5-6(12(14)15)3-4-8(7)16-10;2-1(3)4;;/h3-5H,1-2H3,(H,11,13);(H2,2,3,4);;/q;;2*+1/p-2. The third kappa shape index (κ3) is 6.51. The summed E-state index contributed by atoms with van der Waals surface area (Å²) in [7, 11) is 0. The molecule has 0 bridgehead atoms. The van der Waals surface area contributed by atoms with Crippen molar-refractivity contribution in [2.24, 2.45) is 0 Å². The number of anilines is 1. The SMILES string of the molecule is CC1(C)Oc2ccc([N+](=O)[O-])cc2NC1=O.O=C([O-])[O-].[Na+].[Na+]. The van der Waals surface area contributed by atoms with Crippen LogP contribution in [0.1, 0.15) is 13.8 Å². The minimum Gasteiger partial charge on any atom is -0.652 e. The molecule has 0 spiro atoms. The Morgan fingerprint density at radius 2 is 1.77 bits per heavy atom. The van der Waals surface area contributed by atoms with Crippen LogP contribution < -0.4 is 79.4 Å². The minimum atomic E-state index is -2.33. The number of carboxylic acid groups (broad SMARTS) is 2. The first-order valence-electron chi connectivity index (χ1n) is 5.30. The first-order chi connectivity index (χ1) is 9.13. The van der Waals surface area contributed by atoms with Crippen LogP contribution in [0.15, 0.2) is 18.2 Å². The van der Waals surface area contributed by atoms with E-state index in [1.54, 1.807) is 13.8 Å². The van der Waals surface area contributed by atoms with Crippen molar-refractivity contribution in [1.29, 1.82) is 0 Å². The average molecular weight is 328 g/mol. The van der Waals surface area contributed by atoms with Gasteiger partial charge in [-0.1, -0.05) is 0 Å². The number of carbonyl (C=O) groups is 2. The Morgan fingerprint density at radius 1 is 1.27 bits per heavy atom. The van der Waals surface area contributed by atoms with Crippen LogP contribution in [0, 0.1) is 10.1 Å². The van der Waals surface area contributed by atoms with E-state index < -0.39 is 16.7 Å². The summed E-state index contributed by atoms with van der Waals surface area (Å²) in [6.07, 6.45) is -2.33. The molecule has 1 amide bonds. The topological polar surface area (TPSA) is 145 Å². The number of rotatable bonds is 1. The number of nitro groups is 1. The number of benzene rings is 1. The molecule has 1 aromatic rings. The van der Waals surface area contributed by atoms with Crippen LogP contribution in [-0.4, -0.2) is 22.6 Å². The Bertz CT molecular complexity index is 574. The van der Waals surface area contributed by atoms with Crippen LogP contribution in [-0.2, 0) is 4.79 Å². The molecule has 1 N–H and O–H groups in total. The van der Waals surface area contributed by atoms with Crippen molar-refractivity contribution in [3.05, 3.63) is 28.3 Å². The van der Waals surface area contributed by atoms with E-state index in [1.165, 1.54) is 18.2 Å². The molecule has 0 aliphatic carbocycles. The van der Waals surface area contributed by atoms with E-state index in [-0.39, 0.29) is 70.7 Å². The quantitative estimate of drug-likeness (QED) is 0.306. The molecule has 108 valence electrons. The molecule has 1 aliphatic heterocycles. The zero-order valence-electron chi connectivity index (χ0n) is 12.5. The van der Waals surface area contributed by atoms with E-state index in [9.17, 15) is 14.9 Å². The van der Waals surface area contributed by atoms with Gasteiger partial charge in [0.15, 0.2) is 5.60 Å². The molecule has 2 rings (SSSR count). The molecule has 0 unspecified atom stereocenters. The largest absolute Gasteiger partial charge is 1.00 e. The number of hydrogen-bond acceptors (Lipinski definition) is 7. The van der Waals surface area contributed by atoms with E-state index in [1.807, 2.05) is 0 Å². The Kier molecular flexibility index (Phi) is 9.94. The molecule has 0 radical (unpaired) electrons. The fraction of sp³-hybridized carbons (Fsp3) is 0.273. The van der Waals surface area contributed by atoms with E-state index in [0.29, 0.717) is 11.4 Å². The van der Waals surface area contributed by atoms with Crippen molar-refractivity contribution >= 4 is 23.4 Å². The van der Waals surface area contributed by atoms with Gasteiger partial charge in [-0.3, -0.25) is 14.9 Å². The first kappa shape index (κ1) is 23.4. The summed E-state index contributed by atoms with van der Waals surface area (Å²) in [4.78, 5) is 29.9. The molecule has 1 aliphatic rings. The van der Waals surface area contributed by atoms with Crippen LogP contribution in [0.5, 0.6) is 5.75 Å². The van der Waals surface area contributed by atoms with E-state index in [0.717, 1.165) is 0 Å². The van der Waals surface area contributed by atoms with Crippen molar-refractivity contribution in [2.45, 2.75) is 19.4 Å². The van der Waals surface area contributed by atoms with Crippen molar-refractivity contribution in [3.8, 4) is 5.75 Å². The Labute approximate surface area is 169 Å². The first-order valence-corrected chi connectivity index (χ1v) is 5.30. The molecule has 0 fully saturated rings. The zero-order valence-corrected chi connectivity index (χ0v) is 16.5. The van der Waals surface area contributed by atoms with Gasteiger partial charge in [-0.05, 0) is 26.1 Å². The van der Waals surface area contributed by atoms with Crippen LogP contribution in [0.25, 0.3) is 0 Å². The molecule has 9 nitrogen and oxygen atoms in total. The van der Waals surface area contributed by atoms with Gasteiger partial charge in [0.2, 0.25) is 0 Å². The molecule has 22 heavy (non-hydrogen) atoms. The van der Waals surface area contributed by atoms with Crippen molar-refractivity contribution in [1.82, 2.24) is 0 Å². The summed E-state index contributed by atoms with van der Waals surface area (Å²) in [6, 6.07) is 4.10. The fourth-order valence-electron chi connectivity index (χ4n) is 1.41. The van der Waals surface area contributed by atoms with E-state index in [4.69, 9.17) is 19.7 Å². The van der Waals surface area contributed by atoms with Gasteiger partial charge < -0.3 is 25.1 Å². The number of nitrogens with zero attached hydrogens (tertiary/aromatic N) is 1. The second-order valence-electron chi connectivity index (χ2n) is 4.25. The van der Waals surface area contributed by atoms with Gasteiger partial charge in [0.1, 0.15) is 5.75 Å². The summed E-state index contributed by atoms with van der Waals surface area (Å²) in [5, 5.41) is 29.8. The minimum absolute atomic E-state index is 0. The second-order valence-corrected chi connectivity index (χ2v) is 4.25. The molecule has 0 saturated heterocycles. The molecule has 1 aromatic carbocycles. The summed E-state index contributed by atoms with van der Waals surface area (Å²) >= 11 is 0. The van der Waals surface area contributed by atoms with E-state index >= 15 is 0 Å². The van der Waals surface area contributed by atoms with Gasteiger partial charge in [-0.2, -0.15) is 0 Å². The summed E-state index contributed by atoms with van der Waals surface area (Å²) in [5.74, 6) is 0.121. The molecule has 0 saturated carbocycles. The molecule has 11 heteroatoms.